The first-order valence-electron chi connectivity index (χ1n) is 7.28. The summed E-state index contributed by atoms with van der Waals surface area (Å²) in [7, 11) is -4.74. The zero-order valence-electron chi connectivity index (χ0n) is 12.9. The summed E-state index contributed by atoms with van der Waals surface area (Å²) in [6, 6.07) is 6.10. The van der Waals surface area contributed by atoms with Crippen molar-refractivity contribution in [2.24, 2.45) is 10.7 Å². The van der Waals surface area contributed by atoms with Gasteiger partial charge in [-0.2, -0.15) is 4.76 Å². The fraction of sp³-hybridized carbons (Fsp3) is 0.250. The number of benzene rings is 1. The van der Waals surface area contributed by atoms with Gasteiger partial charge in [-0.25, -0.2) is 4.57 Å². The van der Waals surface area contributed by atoms with Gasteiger partial charge in [-0.1, -0.05) is 25.1 Å². The first-order chi connectivity index (χ1) is 11.2. The molecule has 0 bridgehead atoms. The summed E-state index contributed by atoms with van der Waals surface area (Å²) in [4.78, 5) is 31.0. The van der Waals surface area contributed by atoms with E-state index in [0.717, 1.165) is 0 Å². The number of allylic oxidation sites excluding steroid dienone is 4. The summed E-state index contributed by atoms with van der Waals surface area (Å²) < 4.78 is 14.4. The summed E-state index contributed by atoms with van der Waals surface area (Å²) in [5.41, 5.74) is 0.462. The quantitative estimate of drug-likeness (QED) is 0.604. The van der Waals surface area contributed by atoms with E-state index in [1.807, 2.05) is 0 Å². The number of aromatic hydroxyl groups is 1. The molecule has 4 N–H and O–H groups in total. The van der Waals surface area contributed by atoms with Gasteiger partial charge in [0, 0.05) is 5.92 Å². The molecule has 2 unspecified atom stereocenters. The standard InChI is InChI=1S/C16H18NO6P/c1-2-12(10-6-8-11(18)9-7-10)16(20)15-13(17-24(21,22)23)4-3-5-14(15)19/h3-9,12,15,18-19H,2H2,1H3,(H2,21,22,23). The number of carbonyl (C=O) groups excluding carboxylic acids is 1. The molecular formula is C16H18NO6P. The molecule has 0 aromatic heterocycles. The topological polar surface area (TPSA) is 127 Å². The van der Waals surface area contributed by atoms with Crippen molar-refractivity contribution in [1.29, 1.82) is 0 Å². The molecule has 0 fully saturated rings. The summed E-state index contributed by atoms with van der Waals surface area (Å²) in [5.74, 6) is -2.52. The molecule has 1 aromatic rings. The van der Waals surface area contributed by atoms with Gasteiger partial charge >= 0.3 is 7.75 Å². The van der Waals surface area contributed by atoms with Gasteiger partial charge in [0.05, 0.1) is 5.71 Å². The minimum Gasteiger partial charge on any atom is -0.511 e. The maximum Gasteiger partial charge on any atom is 0.448 e. The van der Waals surface area contributed by atoms with Crippen molar-refractivity contribution in [1.82, 2.24) is 0 Å². The van der Waals surface area contributed by atoms with E-state index in [1.165, 1.54) is 30.4 Å². The zero-order chi connectivity index (χ0) is 17.9. The average Bonchev–Trinajstić information content (AvgIpc) is 2.48. The Balaban J connectivity index is 2.41. The Bertz CT molecular complexity index is 759. The second-order valence-electron chi connectivity index (χ2n) is 5.38. The van der Waals surface area contributed by atoms with Gasteiger partial charge in [0.15, 0.2) is 5.78 Å². The second-order valence-corrected chi connectivity index (χ2v) is 6.60. The number of aliphatic hydroxyl groups is 1. The SMILES string of the molecule is CCC(C(=O)C1C(O)=CC=CC1=NP(=O)(O)O)c1ccc(O)cc1. The number of Topliss-reactive ketones (excluding diaryl/α,β-unsaturated/α-hetero) is 1. The largest absolute Gasteiger partial charge is 0.511 e. The van der Waals surface area contributed by atoms with Gasteiger partial charge in [0.1, 0.15) is 17.4 Å². The summed E-state index contributed by atoms with van der Waals surface area (Å²) in [6.45, 7) is 1.79. The van der Waals surface area contributed by atoms with E-state index >= 15 is 0 Å². The molecule has 128 valence electrons. The number of hydrogen-bond acceptors (Lipinski definition) is 4. The number of rotatable bonds is 5. The fourth-order valence-electron chi connectivity index (χ4n) is 2.63. The van der Waals surface area contributed by atoms with E-state index in [9.17, 15) is 19.6 Å². The van der Waals surface area contributed by atoms with E-state index < -0.39 is 25.4 Å². The number of ketones is 1. The van der Waals surface area contributed by atoms with Gasteiger partial charge in [-0.15, -0.1) is 0 Å². The zero-order valence-corrected chi connectivity index (χ0v) is 13.8. The van der Waals surface area contributed by atoms with Crippen molar-refractivity contribution in [2.45, 2.75) is 19.3 Å². The van der Waals surface area contributed by atoms with Crippen LogP contribution in [-0.4, -0.2) is 31.5 Å². The van der Waals surface area contributed by atoms with Crippen molar-refractivity contribution in [3.8, 4) is 5.75 Å². The smallest absolute Gasteiger partial charge is 0.448 e. The number of carbonyl (C=O) groups is 1. The summed E-state index contributed by atoms with van der Waals surface area (Å²) in [6.07, 6.45) is 4.38. The minimum atomic E-state index is -4.74. The highest BCUT2D eigenvalue weighted by Crippen LogP contribution is 2.39. The first-order valence-corrected chi connectivity index (χ1v) is 8.85. The Morgan fingerprint density at radius 1 is 1.25 bits per heavy atom. The molecule has 1 aliphatic carbocycles. The van der Waals surface area contributed by atoms with Crippen LogP contribution in [0.3, 0.4) is 0 Å². The van der Waals surface area contributed by atoms with Crippen LogP contribution in [-0.2, 0) is 9.36 Å². The van der Waals surface area contributed by atoms with Crippen LogP contribution >= 0.6 is 7.75 Å². The van der Waals surface area contributed by atoms with Crippen LogP contribution in [0.5, 0.6) is 5.75 Å². The minimum absolute atomic E-state index is 0.0631. The van der Waals surface area contributed by atoms with Gasteiger partial charge in [-0.05, 0) is 36.3 Å². The molecule has 0 aliphatic heterocycles. The molecule has 2 atom stereocenters. The van der Waals surface area contributed by atoms with Crippen molar-refractivity contribution >= 4 is 19.2 Å². The lowest BCUT2D eigenvalue weighted by Crippen LogP contribution is -2.31. The molecule has 24 heavy (non-hydrogen) atoms. The Morgan fingerprint density at radius 3 is 2.42 bits per heavy atom. The highest BCUT2D eigenvalue weighted by molar-refractivity contribution is 7.50. The number of aliphatic hydroxyl groups excluding tert-OH is 1. The Kier molecular flexibility index (Phi) is 5.39. The van der Waals surface area contributed by atoms with E-state index in [1.54, 1.807) is 19.1 Å². The summed E-state index contributed by atoms with van der Waals surface area (Å²) in [5, 5.41) is 19.4. The fourth-order valence-corrected chi connectivity index (χ4v) is 3.11. The number of phenols is 1. The maximum absolute atomic E-state index is 12.9. The van der Waals surface area contributed by atoms with Gasteiger partial charge in [-0.3, -0.25) is 4.79 Å². The van der Waals surface area contributed by atoms with Crippen LogP contribution in [0.25, 0.3) is 0 Å². The van der Waals surface area contributed by atoms with Crippen LogP contribution in [0.4, 0.5) is 0 Å². The molecule has 0 heterocycles. The van der Waals surface area contributed by atoms with E-state index in [-0.39, 0.29) is 17.2 Å². The monoisotopic (exact) mass is 351 g/mol. The van der Waals surface area contributed by atoms with Gasteiger partial charge < -0.3 is 20.0 Å². The molecular weight excluding hydrogens is 333 g/mol. The lowest BCUT2D eigenvalue weighted by Gasteiger charge is -2.23. The molecule has 0 saturated heterocycles. The number of phenolic OH excluding ortho intramolecular Hbond substituents is 1. The molecule has 2 rings (SSSR count). The molecule has 0 saturated carbocycles. The summed E-state index contributed by atoms with van der Waals surface area (Å²) >= 11 is 0. The Labute approximate surface area is 138 Å². The molecule has 0 spiro atoms. The van der Waals surface area contributed by atoms with E-state index in [0.29, 0.717) is 12.0 Å². The highest BCUT2D eigenvalue weighted by Gasteiger charge is 2.35. The average molecular weight is 351 g/mol. The lowest BCUT2D eigenvalue weighted by atomic mass is 9.81. The lowest BCUT2D eigenvalue weighted by molar-refractivity contribution is -0.122. The van der Waals surface area contributed by atoms with Gasteiger partial charge in [0.2, 0.25) is 0 Å². The van der Waals surface area contributed by atoms with E-state index in [2.05, 4.69) is 4.76 Å². The predicted molar refractivity (Wildman–Crippen MR) is 89.0 cm³/mol. The third-order valence-corrected chi connectivity index (χ3v) is 4.19. The highest BCUT2D eigenvalue weighted by atomic mass is 31.2. The van der Waals surface area contributed by atoms with E-state index in [4.69, 9.17) is 9.79 Å². The number of hydrogen-bond donors (Lipinski definition) is 4. The second kappa shape index (κ2) is 7.13. The van der Waals surface area contributed by atoms with Crippen molar-refractivity contribution < 1.29 is 29.4 Å². The molecule has 0 amide bonds. The Hall–Kier alpha value is -2.21. The Morgan fingerprint density at radius 2 is 1.88 bits per heavy atom. The van der Waals surface area contributed by atoms with Gasteiger partial charge in [0.25, 0.3) is 0 Å². The van der Waals surface area contributed by atoms with Crippen LogP contribution < -0.4 is 0 Å². The normalized spacial score (nSPS) is 20.7. The molecule has 0 radical (unpaired) electrons. The van der Waals surface area contributed by atoms with Crippen molar-refractivity contribution in [2.75, 3.05) is 0 Å². The molecule has 1 aromatic carbocycles. The predicted octanol–water partition coefficient (Wildman–Crippen LogP) is 2.62. The van der Waals surface area contributed by atoms with Crippen molar-refractivity contribution in [3.05, 3.63) is 53.8 Å². The number of nitrogens with zero attached hydrogens (tertiary/aromatic N) is 1. The maximum atomic E-state index is 12.9. The van der Waals surface area contributed by atoms with Crippen LogP contribution in [0.1, 0.15) is 24.8 Å². The van der Waals surface area contributed by atoms with Crippen LogP contribution in [0.2, 0.25) is 0 Å². The molecule has 7 nitrogen and oxygen atoms in total. The van der Waals surface area contributed by atoms with Crippen molar-refractivity contribution in [3.63, 3.8) is 0 Å². The molecule has 1 aliphatic rings. The first kappa shape index (κ1) is 18.1. The third kappa shape index (κ3) is 4.20. The molecule has 8 heteroatoms. The van der Waals surface area contributed by atoms with Crippen LogP contribution in [0, 0.1) is 5.92 Å². The van der Waals surface area contributed by atoms with Crippen LogP contribution in [0.15, 0.2) is 53.0 Å². The third-order valence-electron chi connectivity index (χ3n) is 3.70.